The van der Waals surface area contributed by atoms with E-state index in [1.54, 1.807) is 5.57 Å². The highest BCUT2D eigenvalue weighted by molar-refractivity contribution is 6.71. The van der Waals surface area contributed by atoms with E-state index in [0.29, 0.717) is 11.5 Å². The molecule has 0 N–H and O–H groups in total. The summed E-state index contributed by atoms with van der Waals surface area (Å²) < 4.78 is 6.82. The summed E-state index contributed by atoms with van der Waals surface area (Å²) in [6.07, 6.45) is 13.7. The van der Waals surface area contributed by atoms with Gasteiger partial charge in [-0.3, -0.25) is 0 Å². The van der Waals surface area contributed by atoms with Crippen molar-refractivity contribution < 1.29 is 4.43 Å². The van der Waals surface area contributed by atoms with Crippen LogP contribution in [0.1, 0.15) is 72.1 Å². The van der Waals surface area contributed by atoms with E-state index in [-0.39, 0.29) is 0 Å². The van der Waals surface area contributed by atoms with E-state index < -0.39 is 8.32 Å². The van der Waals surface area contributed by atoms with Gasteiger partial charge in [0.1, 0.15) is 0 Å². The third kappa shape index (κ3) is 3.82. The Labute approximate surface area is 133 Å². The van der Waals surface area contributed by atoms with E-state index in [1.165, 1.54) is 57.4 Å². The van der Waals surface area contributed by atoms with Crippen LogP contribution >= 0.6 is 0 Å². The van der Waals surface area contributed by atoms with Crippen LogP contribution in [0.15, 0.2) is 11.6 Å². The zero-order valence-electron chi connectivity index (χ0n) is 15.0. The molecule has 2 saturated carbocycles. The molecule has 0 amide bonds. The molecule has 0 aromatic rings. The summed E-state index contributed by atoms with van der Waals surface area (Å²) in [7, 11) is -1.47. The molecule has 0 aromatic heterocycles. The van der Waals surface area contributed by atoms with Gasteiger partial charge in [-0.25, -0.2) is 0 Å². The topological polar surface area (TPSA) is 9.23 Å². The van der Waals surface area contributed by atoms with Crippen molar-refractivity contribution in [3.63, 3.8) is 0 Å². The fraction of sp³-hybridized carbons (Fsp3) is 0.895. The van der Waals surface area contributed by atoms with E-state index in [1.807, 2.05) is 0 Å². The molecule has 0 aromatic carbocycles. The lowest BCUT2D eigenvalue weighted by atomic mass is 9.57. The van der Waals surface area contributed by atoms with E-state index >= 15 is 0 Å². The van der Waals surface area contributed by atoms with E-state index in [9.17, 15) is 0 Å². The summed E-state index contributed by atoms with van der Waals surface area (Å²) in [5, 5.41) is 0. The summed E-state index contributed by atoms with van der Waals surface area (Å²) in [5.74, 6) is 0.777. The summed E-state index contributed by atoms with van der Waals surface area (Å²) >= 11 is 0. The first-order valence-electron chi connectivity index (χ1n) is 9.26. The van der Waals surface area contributed by atoms with Crippen molar-refractivity contribution >= 4 is 8.32 Å². The van der Waals surface area contributed by atoms with Gasteiger partial charge in [-0.1, -0.05) is 44.8 Å². The largest absolute Gasteiger partial charge is 0.414 e. The minimum absolute atomic E-state index is 0.436. The highest BCUT2D eigenvalue weighted by Gasteiger charge is 2.47. The van der Waals surface area contributed by atoms with Gasteiger partial charge in [-0.2, -0.15) is 0 Å². The van der Waals surface area contributed by atoms with Gasteiger partial charge in [-0.15, -0.1) is 0 Å². The summed E-state index contributed by atoms with van der Waals surface area (Å²) in [4.78, 5) is 0. The molecule has 0 heterocycles. The zero-order valence-corrected chi connectivity index (χ0v) is 16.0. The molecule has 2 aliphatic carbocycles. The zero-order chi connectivity index (χ0) is 15.5. The standard InChI is InChI=1S/C19H36OSi/c1-6-8-15-21(4,5)20-18-13-10-14-19(3)16(7-2)11-9-12-17(18)19/h7,17-18H,6,8-15H2,1-5H3/b16-7-. The van der Waals surface area contributed by atoms with Gasteiger partial charge in [0, 0.05) is 6.10 Å². The number of allylic oxidation sites excluding steroid dienone is 2. The Bertz CT molecular complexity index is 374. The van der Waals surface area contributed by atoms with Gasteiger partial charge >= 0.3 is 0 Å². The quantitative estimate of drug-likeness (QED) is 0.427. The first-order chi connectivity index (χ1) is 9.93. The van der Waals surface area contributed by atoms with Crippen molar-refractivity contribution in [3.8, 4) is 0 Å². The maximum Gasteiger partial charge on any atom is 0.187 e. The maximum atomic E-state index is 6.82. The Hall–Kier alpha value is -0.0831. The number of rotatable bonds is 5. The molecular weight excluding hydrogens is 272 g/mol. The van der Waals surface area contributed by atoms with Crippen LogP contribution in [0.4, 0.5) is 0 Å². The van der Waals surface area contributed by atoms with Crippen LogP contribution < -0.4 is 0 Å². The second-order valence-corrected chi connectivity index (χ2v) is 12.4. The molecule has 1 nitrogen and oxygen atoms in total. The number of hydrogen-bond donors (Lipinski definition) is 0. The smallest absolute Gasteiger partial charge is 0.187 e. The molecule has 2 aliphatic rings. The Balaban J connectivity index is 2.10. The fourth-order valence-corrected chi connectivity index (χ4v) is 7.28. The second-order valence-electron chi connectivity index (χ2n) is 8.14. The van der Waals surface area contributed by atoms with Crippen molar-refractivity contribution in [3.05, 3.63) is 11.6 Å². The Morgan fingerprint density at radius 1 is 1.29 bits per heavy atom. The predicted molar refractivity (Wildman–Crippen MR) is 95.1 cm³/mol. The molecule has 0 bridgehead atoms. The van der Waals surface area contributed by atoms with Crippen LogP contribution in [-0.4, -0.2) is 14.4 Å². The average Bonchev–Trinajstić information content (AvgIpc) is 2.44. The molecule has 3 atom stereocenters. The Morgan fingerprint density at radius 2 is 2.05 bits per heavy atom. The highest BCUT2D eigenvalue weighted by Crippen LogP contribution is 2.54. The summed E-state index contributed by atoms with van der Waals surface area (Å²) in [6, 6.07) is 1.33. The third-order valence-corrected chi connectivity index (χ3v) is 8.60. The number of unbranched alkanes of at least 4 members (excludes halogenated alkanes) is 1. The third-order valence-electron chi connectivity index (χ3n) is 6.10. The van der Waals surface area contributed by atoms with E-state index in [2.05, 4.69) is 39.9 Å². The van der Waals surface area contributed by atoms with E-state index in [0.717, 1.165) is 5.92 Å². The molecular formula is C19H36OSi. The molecule has 0 aliphatic heterocycles. The minimum atomic E-state index is -1.47. The van der Waals surface area contributed by atoms with Gasteiger partial charge in [0.05, 0.1) is 0 Å². The predicted octanol–water partition coefficient (Wildman–Crippen LogP) is 6.31. The maximum absolute atomic E-state index is 6.82. The van der Waals surface area contributed by atoms with Gasteiger partial charge < -0.3 is 4.43 Å². The van der Waals surface area contributed by atoms with Crippen LogP contribution in [0.25, 0.3) is 0 Å². The van der Waals surface area contributed by atoms with Crippen molar-refractivity contribution in [2.24, 2.45) is 11.3 Å². The minimum Gasteiger partial charge on any atom is -0.414 e. The van der Waals surface area contributed by atoms with Crippen molar-refractivity contribution in [2.75, 3.05) is 0 Å². The highest BCUT2D eigenvalue weighted by atomic mass is 28.4. The van der Waals surface area contributed by atoms with Gasteiger partial charge in [0.25, 0.3) is 0 Å². The lowest BCUT2D eigenvalue weighted by molar-refractivity contribution is -0.00649. The van der Waals surface area contributed by atoms with Crippen LogP contribution in [0, 0.1) is 11.3 Å². The Kier molecular flexibility index (Phi) is 5.75. The fourth-order valence-electron chi connectivity index (χ4n) is 4.85. The molecule has 0 radical (unpaired) electrons. The van der Waals surface area contributed by atoms with Crippen LogP contribution in [-0.2, 0) is 4.43 Å². The normalized spacial score (nSPS) is 35.8. The van der Waals surface area contributed by atoms with Crippen LogP contribution in [0.2, 0.25) is 19.1 Å². The van der Waals surface area contributed by atoms with E-state index in [4.69, 9.17) is 4.43 Å². The monoisotopic (exact) mass is 308 g/mol. The molecule has 3 unspecified atom stereocenters. The lowest BCUT2D eigenvalue weighted by Gasteiger charge is -2.52. The molecule has 0 spiro atoms. The molecule has 122 valence electrons. The second kappa shape index (κ2) is 7.00. The number of fused-ring (bicyclic) bond motifs is 1. The Morgan fingerprint density at radius 3 is 2.71 bits per heavy atom. The first kappa shape index (κ1) is 17.3. The SMILES string of the molecule is C/C=C1/CCCC2C(O[Si](C)(C)CCCC)CCCC12C. The number of hydrogen-bond acceptors (Lipinski definition) is 1. The van der Waals surface area contributed by atoms with Gasteiger partial charge in [0.2, 0.25) is 0 Å². The summed E-state index contributed by atoms with van der Waals surface area (Å²) in [6.45, 7) is 11.9. The van der Waals surface area contributed by atoms with Crippen molar-refractivity contribution in [1.29, 1.82) is 0 Å². The first-order valence-corrected chi connectivity index (χ1v) is 12.4. The van der Waals surface area contributed by atoms with Crippen LogP contribution in [0.3, 0.4) is 0 Å². The lowest BCUT2D eigenvalue weighted by Crippen LogP contribution is -2.48. The molecule has 2 rings (SSSR count). The molecule has 21 heavy (non-hydrogen) atoms. The van der Waals surface area contributed by atoms with Crippen LogP contribution in [0.5, 0.6) is 0 Å². The van der Waals surface area contributed by atoms with Gasteiger partial charge in [0.15, 0.2) is 8.32 Å². The summed E-state index contributed by atoms with van der Waals surface area (Å²) in [5.41, 5.74) is 2.16. The molecule has 2 fully saturated rings. The van der Waals surface area contributed by atoms with Gasteiger partial charge in [-0.05, 0) is 69.5 Å². The van der Waals surface area contributed by atoms with Crippen molar-refractivity contribution in [2.45, 2.75) is 97.4 Å². The average molecular weight is 309 g/mol. The molecule has 2 heteroatoms. The molecule has 0 saturated heterocycles. The van der Waals surface area contributed by atoms with Crippen molar-refractivity contribution in [1.82, 2.24) is 0 Å².